The number of anilines is 1. The number of benzene rings is 3. The lowest BCUT2D eigenvalue weighted by Crippen LogP contribution is -2.29. The first kappa shape index (κ1) is 24.6. The molecule has 0 aromatic heterocycles. The molecule has 1 aliphatic heterocycles. The summed E-state index contributed by atoms with van der Waals surface area (Å²) in [6.07, 6.45) is -4.89. The SMILES string of the molecule is CCOc1ccc(/C(O)=C2\C(=O)C(=O)N(c3ccc(OC(F)(F)F)cc3)C2c2ccc(O)cc2)cc1. The average Bonchev–Trinajstić information content (AvgIpc) is 3.10. The van der Waals surface area contributed by atoms with Crippen molar-refractivity contribution in [1.29, 1.82) is 0 Å². The van der Waals surface area contributed by atoms with Crippen LogP contribution in [0.25, 0.3) is 5.76 Å². The molecule has 10 heteroatoms. The normalized spacial score (nSPS) is 17.3. The lowest BCUT2D eigenvalue weighted by atomic mass is 9.95. The summed E-state index contributed by atoms with van der Waals surface area (Å²) in [4.78, 5) is 27.3. The predicted molar refractivity (Wildman–Crippen MR) is 124 cm³/mol. The molecule has 1 atom stereocenters. The van der Waals surface area contributed by atoms with Gasteiger partial charge >= 0.3 is 6.36 Å². The molecule has 7 nitrogen and oxygen atoms in total. The van der Waals surface area contributed by atoms with Crippen molar-refractivity contribution in [1.82, 2.24) is 0 Å². The van der Waals surface area contributed by atoms with Crippen molar-refractivity contribution in [3.05, 3.63) is 89.5 Å². The highest BCUT2D eigenvalue weighted by atomic mass is 19.4. The predicted octanol–water partition coefficient (Wildman–Crippen LogP) is 5.32. The fourth-order valence-corrected chi connectivity index (χ4v) is 3.91. The van der Waals surface area contributed by atoms with Crippen LogP contribution in [0.3, 0.4) is 0 Å². The highest BCUT2D eigenvalue weighted by molar-refractivity contribution is 6.51. The fraction of sp³-hybridized carbons (Fsp3) is 0.154. The second kappa shape index (κ2) is 9.65. The number of halogens is 3. The molecular formula is C26H20F3NO6. The Kier molecular flexibility index (Phi) is 6.61. The van der Waals surface area contributed by atoms with Crippen LogP contribution in [0.2, 0.25) is 0 Å². The zero-order valence-corrected chi connectivity index (χ0v) is 18.8. The van der Waals surface area contributed by atoms with Crippen molar-refractivity contribution in [3.63, 3.8) is 0 Å². The second-order valence-corrected chi connectivity index (χ2v) is 7.76. The van der Waals surface area contributed by atoms with Gasteiger partial charge in [0, 0.05) is 11.3 Å². The van der Waals surface area contributed by atoms with E-state index in [1.165, 1.54) is 48.5 Å². The van der Waals surface area contributed by atoms with Gasteiger partial charge in [0.05, 0.1) is 18.2 Å². The van der Waals surface area contributed by atoms with Crippen LogP contribution in [-0.2, 0) is 9.59 Å². The molecule has 2 N–H and O–H groups in total. The van der Waals surface area contributed by atoms with Gasteiger partial charge in [-0.1, -0.05) is 12.1 Å². The Labute approximate surface area is 203 Å². The Hall–Kier alpha value is -4.47. The summed E-state index contributed by atoms with van der Waals surface area (Å²) >= 11 is 0. The van der Waals surface area contributed by atoms with E-state index in [9.17, 15) is 33.0 Å². The summed E-state index contributed by atoms with van der Waals surface area (Å²) in [5.74, 6) is -2.41. The van der Waals surface area contributed by atoms with Gasteiger partial charge in [0.25, 0.3) is 11.7 Å². The number of phenols is 1. The number of alkyl halides is 3. The molecule has 186 valence electrons. The number of aromatic hydroxyl groups is 1. The molecule has 1 unspecified atom stereocenters. The van der Waals surface area contributed by atoms with Crippen molar-refractivity contribution < 1.29 is 42.4 Å². The number of carbonyl (C=O) groups is 2. The molecule has 0 bridgehead atoms. The highest BCUT2D eigenvalue weighted by Crippen LogP contribution is 2.43. The van der Waals surface area contributed by atoms with Crippen molar-refractivity contribution in [2.24, 2.45) is 0 Å². The van der Waals surface area contributed by atoms with Gasteiger partial charge in [0.2, 0.25) is 0 Å². The molecule has 0 spiro atoms. The van der Waals surface area contributed by atoms with Gasteiger partial charge in [-0.25, -0.2) is 0 Å². The number of nitrogens with zero attached hydrogens (tertiary/aromatic N) is 1. The zero-order chi connectivity index (χ0) is 26.0. The number of aliphatic hydroxyl groups excluding tert-OH is 1. The third-order valence-electron chi connectivity index (χ3n) is 5.44. The molecule has 0 saturated carbocycles. The van der Waals surface area contributed by atoms with Gasteiger partial charge in [0.15, 0.2) is 0 Å². The molecule has 1 amide bonds. The minimum absolute atomic E-state index is 0.0594. The number of rotatable bonds is 6. The first-order valence-electron chi connectivity index (χ1n) is 10.8. The minimum Gasteiger partial charge on any atom is -0.508 e. The van der Waals surface area contributed by atoms with Crippen molar-refractivity contribution in [2.45, 2.75) is 19.3 Å². The second-order valence-electron chi connectivity index (χ2n) is 7.76. The molecular weight excluding hydrogens is 479 g/mol. The summed E-state index contributed by atoms with van der Waals surface area (Å²) in [7, 11) is 0. The number of carbonyl (C=O) groups excluding carboxylic acids is 2. The van der Waals surface area contributed by atoms with E-state index in [0.717, 1.165) is 17.0 Å². The fourth-order valence-electron chi connectivity index (χ4n) is 3.91. The Morgan fingerprint density at radius 3 is 2.06 bits per heavy atom. The van der Waals surface area contributed by atoms with Crippen LogP contribution in [-0.4, -0.2) is 34.9 Å². The summed E-state index contributed by atoms with van der Waals surface area (Å²) in [6, 6.07) is 15.3. The van der Waals surface area contributed by atoms with Gasteiger partial charge in [-0.2, -0.15) is 0 Å². The topological polar surface area (TPSA) is 96.3 Å². The number of hydrogen-bond donors (Lipinski definition) is 2. The van der Waals surface area contributed by atoms with E-state index in [1.807, 2.05) is 6.92 Å². The molecule has 1 heterocycles. The van der Waals surface area contributed by atoms with Crippen molar-refractivity contribution in [3.8, 4) is 17.2 Å². The lowest BCUT2D eigenvalue weighted by Gasteiger charge is -2.25. The van der Waals surface area contributed by atoms with Crippen LogP contribution in [0.5, 0.6) is 17.2 Å². The van der Waals surface area contributed by atoms with E-state index in [2.05, 4.69) is 4.74 Å². The van der Waals surface area contributed by atoms with E-state index in [4.69, 9.17) is 4.74 Å². The largest absolute Gasteiger partial charge is 0.573 e. The van der Waals surface area contributed by atoms with Gasteiger partial charge in [-0.05, 0) is 73.2 Å². The van der Waals surface area contributed by atoms with E-state index in [1.54, 1.807) is 12.1 Å². The van der Waals surface area contributed by atoms with Gasteiger partial charge in [-0.3, -0.25) is 14.5 Å². The first-order valence-corrected chi connectivity index (χ1v) is 10.8. The monoisotopic (exact) mass is 499 g/mol. The number of phenolic OH excluding ortho intramolecular Hbond substituents is 1. The van der Waals surface area contributed by atoms with Crippen LogP contribution in [0, 0.1) is 0 Å². The third kappa shape index (κ3) is 4.97. The Balaban J connectivity index is 1.82. The number of aliphatic hydroxyl groups is 1. The molecule has 3 aromatic rings. The van der Waals surface area contributed by atoms with E-state index in [-0.39, 0.29) is 22.6 Å². The average molecular weight is 499 g/mol. The number of amides is 1. The number of ether oxygens (including phenoxy) is 2. The van der Waals surface area contributed by atoms with E-state index < -0.39 is 35.6 Å². The quantitative estimate of drug-likeness (QED) is 0.271. The Morgan fingerprint density at radius 2 is 1.50 bits per heavy atom. The molecule has 1 saturated heterocycles. The standard InChI is InChI=1S/C26H20F3NO6/c1-2-35-19-11-5-16(6-12-19)23(32)21-22(15-3-9-18(31)10-4-15)30(25(34)24(21)33)17-7-13-20(14-8-17)36-26(27,28)29/h3-14,22,31-32H,2H2,1H3/b23-21+. The maximum atomic E-state index is 13.1. The number of ketones is 1. The van der Waals surface area contributed by atoms with Crippen LogP contribution < -0.4 is 14.4 Å². The van der Waals surface area contributed by atoms with Crippen molar-refractivity contribution >= 4 is 23.1 Å². The van der Waals surface area contributed by atoms with E-state index in [0.29, 0.717) is 17.9 Å². The summed E-state index contributed by atoms with van der Waals surface area (Å²) in [5, 5.41) is 20.8. The molecule has 4 rings (SSSR count). The molecule has 36 heavy (non-hydrogen) atoms. The minimum atomic E-state index is -4.89. The summed E-state index contributed by atoms with van der Waals surface area (Å²) < 4.78 is 46.9. The lowest BCUT2D eigenvalue weighted by molar-refractivity contribution is -0.274. The van der Waals surface area contributed by atoms with Crippen molar-refractivity contribution in [2.75, 3.05) is 11.5 Å². The smallest absolute Gasteiger partial charge is 0.508 e. The van der Waals surface area contributed by atoms with Gasteiger partial charge in [-0.15, -0.1) is 13.2 Å². The van der Waals surface area contributed by atoms with Crippen LogP contribution >= 0.6 is 0 Å². The molecule has 3 aromatic carbocycles. The highest BCUT2D eigenvalue weighted by Gasteiger charge is 2.47. The van der Waals surface area contributed by atoms with E-state index >= 15 is 0 Å². The van der Waals surface area contributed by atoms with Crippen LogP contribution in [0.15, 0.2) is 78.4 Å². The van der Waals surface area contributed by atoms with Gasteiger partial charge in [0.1, 0.15) is 23.0 Å². The maximum Gasteiger partial charge on any atom is 0.573 e. The summed E-state index contributed by atoms with van der Waals surface area (Å²) in [6.45, 7) is 2.25. The number of Topliss-reactive ketones (excluding diaryl/α,β-unsaturated/α-hetero) is 1. The molecule has 1 aliphatic rings. The first-order chi connectivity index (χ1) is 17.1. The third-order valence-corrected chi connectivity index (χ3v) is 5.44. The molecule has 1 fully saturated rings. The van der Waals surface area contributed by atoms with Crippen LogP contribution in [0.1, 0.15) is 24.1 Å². The van der Waals surface area contributed by atoms with Crippen LogP contribution in [0.4, 0.5) is 18.9 Å². The molecule has 0 radical (unpaired) electrons. The maximum absolute atomic E-state index is 13.1. The Morgan fingerprint density at radius 1 is 0.917 bits per heavy atom. The Bertz CT molecular complexity index is 1300. The summed E-state index contributed by atoms with van der Waals surface area (Å²) in [5.41, 5.74) is 0.533. The zero-order valence-electron chi connectivity index (χ0n) is 18.8. The number of hydrogen-bond acceptors (Lipinski definition) is 6. The van der Waals surface area contributed by atoms with Gasteiger partial charge < -0.3 is 19.7 Å². The molecule has 0 aliphatic carbocycles.